The topological polar surface area (TPSA) is 63.6 Å². The Morgan fingerprint density at radius 1 is 0.880 bits per heavy atom. The van der Waals surface area contributed by atoms with Crippen LogP contribution in [0.5, 0.6) is 0 Å². The van der Waals surface area contributed by atoms with E-state index in [0.717, 1.165) is 27.5 Å². The van der Waals surface area contributed by atoms with Crippen LogP contribution in [0.1, 0.15) is 5.69 Å². The Bertz CT molecular complexity index is 1300. The summed E-state index contributed by atoms with van der Waals surface area (Å²) < 4.78 is 1.61. The van der Waals surface area contributed by atoms with Crippen molar-refractivity contribution in [1.82, 2.24) is 19.5 Å². The largest absolute Gasteiger partial charge is 0.360 e. The molecule has 5 nitrogen and oxygen atoms in total. The van der Waals surface area contributed by atoms with Gasteiger partial charge in [0.2, 0.25) is 0 Å². The van der Waals surface area contributed by atoms with E-state index in [1.54, 1.807) is 17.0 Å². The van der Waals surface area contributed by atoms with E-state index in [4.69, 9.17) is 4.98 Å². The molecule has 0 spiro atoms. The van der Waals surface area contributed by atoms with Gasteiger partial charge in [0.1, 0.15) is 0 Å². The summed E-state index contributed by atoms with van der Waals surface area (Å²) in [5.74, 6) is 0. The number of benzene rings is 2. The molecule has 120 valence electrons. The highest BCUT2D eigenvalue weighted by Gasteiger charge is 2.11. The second-order valence-corrected chi connectivity index (χ2v) is 6.04. The van der Waals surface area contributed by atoms with Crippen LogP contribution in [0.15, 0.2) is 71.9 Å². The van der Waals surface area contributed by atoms with Crippen LogP contribution in [0.3, 0.4) is 0 Å². The van der Waals surface area contributed by atoms with E-state index >= 15 is 0 Å². The molecule has 0 aliphatic heterocycles. The number of H-pyrrole nitrogens is 1. The number of aromatic nitrogens is 4. The van der Waals surface area contributed by atoms with E-state index in [2.05, 4.69) is 16.0 Å². The number of rotatable bonds is 2. The highest BCUT2D eigenvalue weighted by atomic mass is 16.1. The number of hydrogen-bond acceptors (Lipinski definition) is 3. The van der Waals surface area contributed by atoms with Crippen molar-refractivity contribution in [2.45, 2.75) is 6.54 Å². The predicted octanol–water partition coefficient (Wildman–Crippen LogP) is 3.47. The zero-order valence-electron chi connectivity index (χ0n) is 13.3. The van der Waals surface area contributed by atoms with Crippen LogP contribution in [0, 0.1) is 0 Å². The molecule has 0 bridgehead atoms. The third-order valence-electron chi connectivity index (χ3n) is 4.54. The minimum Gasteiger partial charge on any atom is -0.360 e. The number of para-hydroxylation sites is 2. The molecule has 0 aliphatic rings. The normalized spacial score (nSPS) is 11.5. The summed E-state index contributed by atoms with van der Waals surface area (Å²) in [6.07, 6.45) is 3.50. The van der Waals surface area contributed by atoms with Crippen molar-refractivity contribution < 1.29 is 0 Å². The molecule has 2 aromatic carbocycles. The van der Waals surface area contributed by atoms with Crippen molar-refractivity contribution in [1.29, 1.82) is 0 Å². The lowest BCUT2D eigenvalue weighted by atomic mass is 10.1. The maximum absolute atomic E-state index is 12.8. The molecule has 0 aliphatic carbocycles. The fourth-order valence-electron chi connectivity index (χ4n) is 3.33. The number of nitrogens with zero attached hydrogens (tertiary/aromatic N) is 3. The SMILES string of the molecule is O=c1c2ccccc2ncn1Cc1nc2ccccc2c2cc[nH]c12. The quantitative estimate of drug-likeness (QED) is 0.540. The summed E-state index contributed by atoms with van der Waals surface area (Å²) >= 11 is 0. The molecule has 25 heavy (non-hydrogen) atoms. The predicted molar refractivity (Wildman–Crippen MR) is 98.7 cm³/mol. The minimum atomic E-state index is -0.0553. The van der Waals surface area contributed by atoms with Crippen LogP contribution >= 0.6 is 0 Å². The Hall–Kier alpha value is -3.47. The van der Waals surface area contributed by atoms with E-state index in [-0.39, 0.29) is 5.56 Å². The lowest BCUT2D eigenvalue weighted by Crippen LogP contribution is -2.21. The fourth-order valence-corrected chi connectivity index (χ4v) is 3.33. The van der Waals surface area contributed by atoms with E-state index < -0.39 is 0 Å². The molecule has 0 unspecified atom stereocenters. The van der Waals surface area contributed by atoms with Gasteiger partial charge in [0.25, 0.3) is 5.56 Å². The van der Waals surface area contributed by atoms with Crippen molar-refractivity contribution in [3.05, 3.63) is 83.2 Å². The number of nitrogens with one attached hydrogen (secondary N) is 1. The fraction of sp³-hybridized carbons (Fsp3) is 0.0500. The molecule has 0 fully saturated rings. The van der Waals surface area contributed by atoms with Gasteiger partial charge in [-0.1, -0.05) is 30.3 Å². The molecule has 3 aromatic heterocycles. The summed E-state index contributed by atoms with van der Waals surface area (Å²) in [6.45, 7) is 0.374. The van der Waals surface area contributed by atoms with Crippen molar-refractivity contribution in [3.63, 3.8) is 0 Å². The van der Waals surface area contributed by atoms with E-state index in [1.165, 1.54) is 0 Å². The first-order chi connectivity index (χ1) is 12.3. The first kappa shape index (κ1) is 13.9. The van der Waals surface area contributed by atoms with Crippen LogP contribution < -0.4 is 5.56 Å². The van der Waals surface area contributed by atoms with Crippen LogP contribution in [-0.2, 0) is 6.54 Å². The van der Waals surface area contributed by atoms with Gasteiger partial charge in [-0.3, -0.25) is 9.36 Å². The molecular formula is C20H14N4O. The average molecular weight is 326 g/mol. The minimum absolute atomic E-state index is 0.0553. The number of aromatic amines is 1. The maximum atomic E-state index is 12.8. The van der Waals surface area contributed by atoms with Gasteiger partial charge in [-0.05, 0) is 24.3 Å². The van der Waals surface area contributed by atoms with Gasteiger partial charge in [-0.2, -0.15) is 0 Å². The highest BCUT2D eigenvalue weighted by Crippen LogP contribution is 2.25. The van der Waals surface area contributed by atoms with Gasteiger partial charge in [0, 0.05) is 17.0 Å². The monoisotopic (exact) mass is 326 g/mol. The first-order valence-electron chi connectivity index (χ1n) is 8.10. The third-order valence-corrected chi connectivity index (χ3v) is 4.54. The zero-order chi connectivity index (χ0) is 16.8. The molecule has 0 amide bonds. The van der Waals surface area contributed by atoms with Gasteiger partial charge < -0.3 is 4.98 Å². The van der Waals surface area contributed by atoms with E-state index in [0.29, 0.717) is 17.4 Å². The second-order valence-electron chi connectivity index (χ2n) is 6.04. The number of fused-ring (bicyclic) bond motifs is 4. The van der Waals surface area contributed by atoms with Gasteiger partial charge >= 0.3 is 0 Å². The third kappa shape index (κ3) is 2.13. The Kier molecular flexibility index (Phi) is 2.94. The maximum Gasteiger partial charge on any atom is 0.261 e. The molecule has 5 heteroatoms. The van der Waals surface area contributed by atoms with E-state index in [1.807, 2.05) is 48.7 Å². The van der Waals surface area contributed by atoms with Crippen molar-refractivity contribution in [3.8, 4) is 0 Å². The Morgan fingerprint density at radius 3 is 2.52 bits per heavy atom. The first-order valence-corrected chi connectivity index (χ1v) is 8.10. The van der Waals surface area contributed by atoms with Gasteiger partial charge in [-0.15, -0.1) is 0 Å². The van der Waals surface area contributed by atoms with Crippen LogP contribution in [0.2, 0.25) is 0 Å². The summed E-state index contributed by atoms with van der Waals surface area (Å²) in [5.41, 5.74) is 3.36. The van der Waals surface area contributed by atoms with Gasteiger partial charge in [-0.25, -0.2) is 9.97 Å². The number of hydrogen-bond donors (Lipinski definition) is 1. The lowest BCUT2D eigenvalue weighted by Gasteiger charge is -2.09. The van der Waals surface area contributed by atoms with Crippen LogP contribution in [0.4, 0.5) is 0 Å². The molecule has 0 radical (unpaired) electrons. The summed E-state index contributed by atoms with van der Waals surface area (Å²) in [5, 5.41) is 2.84. The second kappa shape index (κ2) is 5.27. The lowest BCUT2D eigenvalue weighted by molar-refractivity contribution is 0.736. The smallest absolute Gasteiger partial charge is 0.261 e. The summed E-state index contributed by atoms with van der Waals surface area (Å²) in [6, 6.07) is 17.5. The van der Waals surface area contributed by atoms with Gasteiger partial charge in [0.15, 0.2) is 0 Å². The Morgan fingerprint density at radius 2 is 1.64 bits per heavy atom. The number of pyridine rings is 1. The Balaban J connectivity index is 1.73. The van der Waals surface area contributed by atoms with Crippen molar-refractivity contribution in [2.24, 2.45) is 0 Å². The highest BCUT2D eigenvalue weighted by molar-refractivity contribution is 6.05. The average Bonchev–Trinajstić information content (AvgIpc) is 3.15. The summed E-state index contributed by atoms with van der Waals surface area (Å²) in [4.78, 5) is 25.2. The molecule has 1 N–H and O–H groups in total. The Labute approximate surface area is 142 Å². The van der Waals surface area contributed by atoms with Crippen molar-refractivity contribution >= 4 is 32.7 Å². The zero-order valence-corrected chi connectivity index (χ0v) is 13.3. The van der Waals surface area contributed by atoms with Crippen LogP contribution in [0.25, 0.3) is 32.7 Å². The standard InChI is InChI=1S/C20H14N4O/c25-20-15-6-2-3-7-16(15)22-12-24(20)11-18-19-14(9-10-21-19)13-5-1-4-8-17(13)23-18/h1-10,12,21H,11H2. The van der Waals surface area contributed by atoms with Gasteiger partial charge in [0.05, 0.1) is 40.5 Å². The molecule has 0 saturated heterocycles. The molecular weight excluding hydrogens is 312 g/mol. The van der Waals surface area contributed by atoms with E-state index in [9.17, 15) is 4.79 Å². The molecule has 0 atom stereocenters. The molecule has 5 rings (SSSR count). The summed E-state index contributed by atoms with van der Waals surface area (Å²) in [7, 11) is 0. The van der Waals surface area contributed by atoms with Crippen molar-refractivity contribution in [2.75, 3.05) is 0 Å². The molecule has 0 saturated carbocycles. The van der Waals surface area contributed by atoms with Crippen LogP contribution in [-0.4, -0.2) is 19.5 Å². The molecule has 5 aromatic rings. The molecule has 3 heterocycles.